The maximum absolute atomic E-state index is 12.0. The molecule has 0 saturated carbocycles. The van der Waals surface area contributed by atoms with E-state index in [1.807, 2.05) is 19.1 Å². The molecule has 0 aliphatic carbocycles. The largest absolute Gasteiger partial charge is 0.317 e. The van der Waals surface area contributed by atoms with Crippen molar-refractivity contribution < 1.29 is 8.42 Å². The van der Waals surface area contributed by atoms with E-state index < -0.39 is 10.0 Å². The van der Waals surface area contributed by atoms with Gasteiger partial charge in [0.25, 0.3) is 0 Å². The third-order valence-electron chi connectivity index (χ3n) is 2.84. The van der Waals surface area contributed by atoms with Gasteiger partial charge >= 0.3 is 0 Å². The zero-order valence-electron chi connectivity index (χ0n) is 11.8. The minimum atomic E-state index is -3.36. The molecule has 0 spiro atoms. The van der Waals surface area contributed by atoms with Crippen molar-refractivity contribution in [3.8, 4) is 0 Å². The van der Waals surface area contributed by atoms with E-state index in [1.54, 1.807) is 12.1 Å². The van der Waals surface area contributed by atoms with Gasteiger partial charge in [-0.2, -0.15) is 0 Å². The fraction of sp³-hybridized carbons (Fsp3) is 0.571. The second kappa shape index (κ2) is 8.30. The Hall–Kier alpha value is -0.910. The highest BCUT2D eigenvalue weighted by molar-refractivity contribution is 7.89. The molecular weight excluding hydrogens is 260 g/mol. The minimum Gasteiger partial charge on any atom is -0.317 e. The zero-order chi connectivity index (χ0) is 14.1. The molecule has 0 aromatic heterocycles. The molecule has 0 heterocycles. The van der Waals surface area contributed by atoms with Crippen LogP contribution in [-0.2, 0) is 16.4 Å². The van der Waals surface area contributed by atoms with Crippen LogP contribution in [-0.4, -0.2) is 28.1 Å². The number of sulfonamides is 1. The van der Waals surface area contributed by atoms with Gasteiger partial charge in [0.1, 0.15) is 0 Å². The van der Waals surface area contributed by atoms with Crippen molar-refractivity contribution in [2.45, 2.75) is 38.0 Å². The third-order valence-corrected chi connectivity index (χ3v) is 4.32. The topological polar surface area (TPSA) is 58.2 Å². The van der Waals surface area contributed by atoms with Crippen LogP contribution in [0.15, 0.2) is 29.2 Å². The smallest absolute Gasteiger partial charge is 0.240 e. The van der Waals surface area contributed by atoms with Crippen LogP contribution in [0.1, 0.15) is 32.3 Å². The molecule has 4 nitrogen and oxygen atoms in total. The standard InChI is InChI=1S/C14H24N2O2S/c1-3-6-13-7-9-14(10-8-13)19(17,18)16-12-5-11-15-4-2/h7-10,15-16H,3-6,11-12H2,1-2H3. The molecule has 1 aromatic rings. The van der Waals surface area contributed by atoms with Crippen molar-refractivity contribution >= 4 is 10.0 Å². The maximum atomic E-state index is 12.0. The van der Waals surface area contributed by atoms with Crippen LogP contribution in [0.4, 0.5) is 0 Å². The molecule has 0 radical (unpaired) electrons. The van der Waals surface area contributed by atoms with Gasteiger partial charge in [0.15, 0.2) is 0 Å². The van der Waals surface area contributed by atoms with Crippen molar-refractivity contribution in [1.82, 2.24) is 10.0 Å². The van der Waals surface area contributed by atoms with E-state index in [2.05, 4.69) is 17.0 Å². The molecule has 0 aliphatic heterocycles. The summed E-state index contributed by atoms with van der Waals surface area (Å²) in [7, 11) is -3.36. The molecule has 5 heteroatoms. The molecule has 0 fully saturated rings. The SMILES string of the molecule is CCCc1ccc(S(=O)(=O)NCCCNCC)cc1. The minimum absolute atomic E-state index is 0.343. The number of aryl methyl sites for hydroxylation is 1. The normalized spacial score (nSPS) is 11.7. The Labute approximate surface area is 116 Å². The van der Waals surface area contributed by atoms with Crippen LogP contribution in [0, 0.1) is 0 Å². The van der Waals surface area contributed by atoms with Crippen molar-refractivity contribution in [3.05, 3.63) is 29.8 Å². The number of hydrogen-bond acceptors (Lipinski definition) is 3. The van der Waals surface area contributed by atoms with Crippen molar-refractivity contribution in [3.63, 3.8) is 0 Å². The van der Waals surface area contributed by atoms with E-state index in [0.29, 0.717) is 11.4 Å². The van der Waals surface area contributed by atoms with Gasteiger partial charge in [0.2, 0.25) is 10.0 Å². The average Bonchev–Trinajstić information content (AvgIpc) is 2.39. The fourth-order valence-electron chi connectivity index (χ4n) is 1.80. The first kappa shape index (κ1) is 16.1. The first-order valence-electron chi connectivity index (χ1n) is 6.89. The Kier molecular flexibility index (Phi) is 7.05. The summed E-state index contributed by atoms with van der Waals surface area (Å²) < 4.78 is 26.6. The number of nitrogens with one attached hydrogen (secondary N) is 2. The van der Waals surface area contributed by atoms with Crippen LogP contribution >= 0.6 is 0 Å². The second-order valence-electron chi connectivity index (χ2n) is 4.50. The van der Waals surface area contributed by atoms with Crippen LogP contribution < -0.4 is 10.0 Å². The lowest BCUT2D eigenvalue weighted by molar-refractivity contribution is 0.575. The molecular formula is C14H24N2O2S. The van der Waals surface area contributed by atoms with Gasteiger partial charge < -0.3 is 5.32 Å². The molecule has 0 bridgehead atoms. The third kappa shape index (κ3) is 5.72. The zero-order valence-corrected chi connectivity index (χ0v) is 12.6. The Bertz CT molecular complexity index is 455. The van der Waals surface area contributed by atoms with Gasteiger partial charge in [-0.05, 0) is 43.6 Å². The lowest BCUT2D eigenvalue weighted by Crippen LogP contribution is -2.27. The average molecular weight is 284 g/mol. The summed E-state index contributed by atoms with van der Waals surface area (Å²) in [4.78, 5) is 0.343. The molecule has 0 amide bonds. The quantitative estimate of drug-likeness (QED) is 0.681. The van der Waals surface area contributed by atoms with Gasteiger partial charge in [-0.25, -0.2) is 13.1 Å². The predicted octanol–water partition coefficient (Wildman–Crippen LogP) is 1.92. The van der Waals surface area contributed by atoms with E-state index in [-0.39, 0.29) is 0 Å². The van der Waals surface area contributed by atoms with E-state index >= 15 is 0 Å². The Balaban J connectivity index is 2.52. The van der Waals surface area contributed by atoms with Crippen molar-refractivity contribution in [1.29, 1.82) is 0 Å². The summed E-state index contributed by atoms with van der Waals surface area (Å²) in [5, 5.41) is 3.16. The Morgan fingerprint density at radius 2 is 1.74 bits per heavy atom. The summed E-state index contributed by atoms with van der Waals surface area (Å²) >= 11 is 0. The monoisotopic (exact) mass is 284 g/mol. The maximum Gasteiger partial charge on any atom is 0.240 e. The molecule has 1 aromatic carbocycles. The molecule has 19 heavy (non-hydrogen) atoms. The van der Waals surface area contributed by atoms with E-state index in [4.69, 9.17) is 0 Å². The fourth-order valence-corrected chi connectivity index (χ4v) is 2.88. The van der Waals surface area contributed by atoms with Crippen LogP contribution in [0.25, 0.3) is 0 Å². The van der Waals surface area contributed by atoms with Crippen LogP contribution in [0.2, 0.25) is 0 Å². The summed E-state index contributed by atoms with van der Waals surface area (Å²) in [6, 6.07) is 7.13. The van der Waals surface area contributed by atoms with Gasteiger partial charge in [0.05, 0.1) is 4.90 Å². The van der Waals surface area contributed by atoms with E-state index in [0.717, 1.165) is 32.4 Å². The highest BCUT2D eigenvalue weighted by Crippen LogP contribution is 2.11. The van der Waals surface area contributed by atoms with Crippen molar-refractivity contribution in [2.24, 2.45) is 0 Å². The Morgan fingerprint density at radius 3 is 2.32 bits per heavy atom. The van der Waals surface area contributed by atoms with Gasteiger partial charge in [-0.15, -0.1) is 0 Å². The molecule has 1 rings (SSSR count). The first-order chi connectivity index (χ1) is 9.10. The lowest BCUT2D eigenvalue weighted by atomic mass is 10.1. The van der Waals surface area contributed by atoms with E-state index in [1.165, 1.54) is 5.56 Å². The van der Waals surface area contributed by atoms with E-state index in [9.17, 15) is 8.42 Å². The Morgan fingerprint density at radius 1 is 1.05 bits per heavy atom. The molecule has 0 saturated heterocycles. The first-order valence-corrected chi connectivity index (χ1v) is 8.37. The van der Waals surface area contributed by atoms with Gasteiger partial charge in [0, 0.05) is 6.54 Å². The van der Waals surface area contributed by atoms with Gasteiger partial charge in [-0.3, -0.25) is 0 Å². The van der Waals surface area contributed by atoms with Crippen LogP contribution in [0.5, 0.6) is 0 Å². The molecule has 2 N–H and O–H groups in total. The molecule has 108 valence electrons. The van der Waals surface area contributed by atoms with Gasteiger partial charge in [-0.1, -0.05) is 32.4 Å². The van der Waals surface area contributed by atoms with Crippen LogP contribution in [0.3, 0.4) is 0 Å². The summed E-state index contributed by atoms with van der Waals surface area (Å²) in [5.74, 6) is 0. The second-order valence-corrected chi connectivity index (χ2v) is 6.27. The highest BCUT2D eigenvalue weighted by Gasteiger charge is 2.12. The molecule has 0 atom stereocenters. The molecule has 0 aliphatic rings. The summed E-state index contributed by atoms with van der Waals surface area (Å²) in [6.07, 6.45) is 2.84. The number of benzene rings is 1. The summed E-state index contributed by atoms with van der Waals surface area (Å²) in [6.45, 7) is 6.34. The van der Waals surface area contributed by atoms with Crippen molar-refractivity contribution in [2.75, 3.05) is 19.6 Å². The number of rotatable bonds is 9. The summed E-state index contributed by atoms with van der Waals surface area (Å²) in [5.41, 5.74) is 1.17. The lowest BCUT2D eigenvalue weighted by Gasteiger charge is -2.07. The highest BCUT2D eigenvalue weighted by atomic mass is 32.2. The molecule has 0 unspecified atom stereocenters. The predicted molar refractivity (Wildman–Crippen MR) is 78.8 cm³/mol. The number of hydrogen-bond donors (Lipinski definition) is 2.